The Morgan fingerprint density at radius 2 is 2.12 bits per heavy atom. The highest BCUT2D eigenvalue weighted by molar-refractivity contribution is 5.92. The third-order valence-electron chi connectivity index (χ3n) is 3.53. The molecule has 1 aliphatic rings. The third kappa shape index (κ3) is 1.57. The Morgan fingerprint density at radius 1 is 1.25 bits per heavy atom. The summed E-state index contributed by atoms with van der Waals surface area (Å²) in [5.74, 6) is 0.734. The molecule has 0 fully saturated rings. The molecule has 0 aliphatic heterocycles. The highest BCUT2D eigenvalue weighted by atomic mass is 14.7. The zero-order valence-corrected chi connectivity index (χ0v) is 9.66. The fourth-order valence-corrected chi connectivity index (χ4v) is 2.69. The molecule has 0 saturated carbocycles. The van der Waals surface area contributed by atoms with Crippen molar-refractivity contribution in [3.63, 3.8) is 0 Å². The molecule has 1 aliphatic carbocycles. The van der Waals surface area contributed by atoms with Crippen molar-refractivity contribution in [1.82, 2.24) is 4.98 Å². The first kappa shape index (κ1) is 9.71. The second kappa shape index (κ2) is 3.82. The summed E-state index contributed by atoms with van der Waals surface area (Å²) in [5.41, 5.74) is 4.18. The summed E-state index contributed by atoms with van der Waals surface area (Å²) in [6.07, 6.45) is 8.50. The molecule has 82 valence electrons. The van der Waals surface area contributed by atoms with Crippen LogP contribution in [0, 0.1) is 5.92 Å². The molecule has 0 amide bonds. The maximum atomic E-state index is 3.36. The lowest BCUT2D eigenvalue weighted by molar-refractivity contribution is 0.593. The van der Waals surface area contributed by atoms with Crippen LogP contribution in [0.1, 0.15) is 31.7 Å². The van der Waals surface area contributed by atoms with Gasteiger partial charge in [0.05, 0.1) is 0 Å². The third-order valence-corrected chi connectivity index (χ3v) is 3.53. The van der Waals surface area contributed by atoms with Crippen molar-refractivity contribution in [2.24, 2.45) is 5.92 Å². The topological polar surface area (TPSA) is 15.8 Å². The number of aromatic amines is 1. The zero-order chi connectivity index (χ0) is 11.0. The Labute approximate surface area is 96.2 Å². The van der Waals surface area contributed by atoms with Gasteiger partial charge in [0.1, 0.15) is 0 Å². The van der Waals surface area contributed by atoms with E-state index in [-0.39, 0.29) is 0 Å². The van der Waals surface area contributed by atoms with Crippen molar-refractivity contribution in [1.29, 1.82) is 0 Å². The van der Waals surface area contributed by atoms with E-state index in [2.05, 4.69) is 48.4 Å². The molecule has 0 saturated heterocycles. The maximum absolute atomic E-state index is 3.36. The fraction of sp³-hybridized carbons (Fsp3) is 0.333. The van der Waals surface area contributed by atoms with Crippen molar-refractivity contribution in [2.45, 2.75) is 26.2 Å². The van der Waals surface area contributed by atoms with Crippen molar-refractivity contribution in [3.05, 3.63) is 42.1 Å². The monoisotopic (exact) mass is 211 g/mol. The molecule has 3 rings (SSSR count). The Bertz CT molecular complexity index is 533. The molecule has 1 heteroatoms. The van der Waals surface area contributed by atoms with Crippen LogP contribution in [0.5, 0.6) is 0 Å². The van der Waals surface area contributed by atoms with Gasteiger partial charge in [-0.3, -0.25) is 0 Å². The van der Waals surface area contributed by atoms with Crippen LogP contribution in [0.3, 0.4) is 0 Å². The predicted octanol–water partition coefficient (Wildman–Crippen LogP) is 4.37. The van der Waals surface area contributed by atoms with Gasteiger partial charge in [0.15, 0.2) is 0 Å². The predicted molar refractivity (Wildman–Crippen MR) is 69.3 cm³/mol. The van der Waals surface area contributed by atoms with Gasteiger partial charge in [-0.25, -0.2) is 0 Å². The highest BCUT2D eigenvalue weighted by Gasteiger charge is 2.13. The van der Waals surface area contributed by atoms with E-state index in [9.17, 15) is 0 Å². The summed E-state index contributed by atoms with van der Waals surface area (Å²) >= 11 is 0. The molecular formula is C15H17N. The van der Waals surface area contributed by atoms with E-state index in [1.165, 1.54) is 41.3 Å². The number of allylic oxidation sites excluding steroid dienone is 2. The van der Waals surface area contributed by atoms with E-state index < -0.39 is 0 Å². The van der Waals surface area contributed by atoms with Gasteiger partial charge >= 0.3 is 0 Å². The van der Waals surface area contributed by atoms with Crippen LogP contribution in [0.25, 0.3) is 16.5 Å². The van der Waals surface area contributed by atoms with E-state index in [4.69, 9.17) is 0 Å². The van der Waals surface area contributed by atoms with Crippen LogP contribution in [-0.2, 0) is 0 Å². The molecule has 1 atom stereocenters. The number of rotatable bonds is 1. The first-order valence-corrected chi connectivity index (χ1v) is 6.12. The number of fused-ring (bicyclic) bond motifs is 1. The van der Waals surface area contributed by atoms with Gasteiger partial charge in [-0.15, -0.1) is 0 Å². The van der Waals surface area contributed by atoms with Gasteiger partial charge in [-0.2, -0.15) is 0 Å². The molecule has 2 aromatic rings. The standard InChI is InChI=1S/C15H17N/c1-11-5-4-6-12(9-11)14-10-16-15-8-3-2-7-13(14)15/h2-3,7-11,16H,4-6H2,1H3/t11-/m0/s1. The van der Waals surface area contributed by atoms with E-state index >= 15 is 0 Å². The zero-order valence-electron chi connectivity index (χ0n) is 9.66. The van der Waals surface area contributed by atoms with Crippen molar-refractivity contribution in [2.75, 3.05) is 0 Å². The van der Waals surface area contributed by atoms with E-state index in [1.54, 1.807) is 0 Å². The number of aromatic nitrogens is 1. The minimum absolute atomic E-state index is 0.734. The lowest BCUT2D eigenvalue weighted by Crippen LogP contribution is -1.99. The van der Waals surface area contributed by atoms with Gasteiger partial charge in [0.25, 0.3) is 0 Å². The van der Waals surface area contributed by atoms with Crippen molar-refractivity contribution >= 4 is 16.5 Å². The molecule has 1 N–H and O–H groups in total. The molecule has 1 heterocycles. The molecular weight excluding hydrogens is 194 g/mol. The maximum Gasteiger partial charge on any atom is 0.0460 e. The van der Waals surface area contributed by atoms with E-state index in [0.717, 1.165) is 5.92 Å². The van der Waals surface area contributed by atoms with Crippen LogP contribution < -0.4 is 0 Å². The van der Waals surface area contributed by atoms with Gasteiger partial charge in [0, 0.05) is 22.7 Å². The molecule has 1 nitrogen and oxygen atoms in total. The Hall–Kier alpha value is -1.50. The van der Waals surface area contributed by atoms with Crippen LogP contribution in [0.15, 0.2) is 36.5 Å². The highest BCUT2D eigenvalue weighted by Crippen LogP contribution is 2.33. The van der Waals surface area contributed by atoms with Gasteiger partial charge in [-0.1, -0.05) is 31.2 Å². The number of hydrogen-bond acceptors (Lipinski definition) is 0. The summed E-state index contributed by atoms with van der Waals surface area (Å²) in [4.78, 5) is 3.36. The number of benzene rings is 1. The summed E-state index contributed by atoms with van der Waals surface area (Å²) < 4.78 is 0. The minimum atomic E-state index is 0.734. The normalized spacial score (nSPS) is 21.1. The fourth-order valence-electron chi connectivity index (χ4n) is 2.69. The molecule has 1 aromatic carbocycles. The Morgan fingerprint density at radius 3 is 3.00 bits per heavy atom. The summed E-state index contributed by atoms with van der Waals surface area (Å²) in [6, 6.07) is 8.56. The van der Waals surface area contributed by atoms with Gasteiger partial charge in [0.2, 0.25) is 0 Å². The number of H-pyrrole nitrogens is 1. The van der Waals surface area contributed by atoms with E-state index in [1.807, 2.05) is 0 Å². The van der Waals surface area contributed by atoms with Gasteiger partial charge < -0.3 is 4.98 Å². The Balaban J connectivity index is 2.12. The molecule has 0 unspecified atom stereocenters. The van der Waals surface area contributed by atoms with Crippen LogP contribution in [0.4, 0.5) is 0 Å². The lowest BCUT2D eigenvalue weighted by Gasteiger charge is -2.17. The number of nitrogens with one attached hydrogen (secondary N) is 1. The molecule has 0 spiro atoms. The number of para-hydroxylation sites is 1. The average Bonchev–Trinajstić information content (AvgIpc) is 2.72. The SMILES string of the molecule is C[C@@H]1C=C(c2c[nH]c3ccccc23)CCC1. The Kier molecular flexibility index (Phi) is 2.32. The molecule has 0 radical (unpaired) electrons. The second-order valence-corrected chi connectivity index (χ2v) is 4.81. The van der Waals surface area contributed by atoms with Crippen LogP contribution in [0.2, 0.25) is 0 Å². The average molecular weight is 211 g/mol. The summed E-state index contributed by atoms with van der Waals surface area (Å²) in [7, 11) is 0. The van der Waals surface area contributed by atoms with Crippen molar-refractivity contribution in [3.8, 4) is 0 Å². The summed E-state index contributed by atoms with van der Waals surface area (Å²) in [6.45, 7) is 2.31. The quantitative estimate of drug-likeness (QED) is 0.721. The first-order valence-electron chi connectivity index (χ1n) is 6.12. The van der Waals surface area contributed by atoms with E-state index in [0.29, 0.717) is 0 Å². The smallest absolute Gasteiger partial charge is 0.0460 e. The molecule has 1 aromatic heterocycles. The van der Waals surface area contributed by atoms with Crippen LogP contribution >= 0.6 is 0 Å². The first-order chi connectivity index (χ1) is 7.84. The second-order valence-electron chi connectivity index (χ2n) is 4.81. The largest absolute Gasteiger partial charge is 0.361 e. The van der Waals surface area contributed by atoms with Gasteiger partial charge in [-0.05, 0) is 36.8 Å². The minimum Gasteiger partial charge on any atom is -0.361 e. The molecule has 16 heavy (non-hydrogen) atoms. The molecule has 0 bridgehead atoms. The summed E-state index contributed by atoms with van der Waals surface area (Å²) in [5, 5.41) is 1.36. The van der Waals surface area contributed by atoms with Crippen molar-refractivity contribution < 1.29 is 0 Å². The van der Waals surface area contributed by atoms with Crippen LogP contribution in [-0.4, -0.2) is 4.98 Å². The number of hydrogen-bond donors (Lipinski definition) is 1. The lowest BCUT2D eigenvalue weighted by atomic mass is 9.88.